The topological polar surface area (TPSA) is 87.7 Å². The van der Waals surface area contributed by atoms with Crippen LogP contribution in [0, 0.1) is 0 Å². The number of nitrogens with zero attached hydrogens (tertiary/aromatic N) is 1. The number of nitrogens with one attached hydrogen (secondary N) is 2. The first-order valence-electron chi connectivity index (χ1n) is 11.1. The highest BCUT2D eigenvalue weighted by molar-refractivity contribution is 6.10. The number of ether oxygens (including phenoxy) is 1. The van der Waals surface area contributed by atoms with E-state index in [1.165, 1.54) is 0 Å². The van der Waals surface area contributed by atoms with Gasteiger partial charge in [0.1, 0.15) is 17.8 Å². The van der Waals surface area contributed by atoms with Crippen LogP contribution in [0.4, 0.5) is 10.5 Å². The van der Waals surface area contributed by atoms with Crippen LogP contribution in [-0.2, 0) is 22.4 Å². The Labute approximate surface area is 198 Å². The minimum atomic E-state index is -1.17. The van der Waals surface area contributed by atoms with Crippen molar-refractivity contribution < 1.29 is 19.1 Å². The van der Waals surface area contributed by atoms with Crippen LogP contribution < -0.4 is 15.4 Å². The zero-order valence-electron chi connectivity index (χ0n) is 19.2. The number of amides is 4. The molecule has 0 radical (unpaired) electrons. The average molecular weight is 458 g/mol. The van der Waals surface area contributed by atoms with Gasteiger partial charge in [0.15, 0.2) is 0 Å². The molecule has 1 fully saturated rings. The molecule has 34 heavy (non-hydrogen) atoms. The zero-order chi connectivity index (χ0) is 24.1. The highest BCUT2D eigenvalue weighted by Gasteiger charge is 2.48. The van der Waals surface area contributed by atoms with E-state index in [1.54, 1.807) is 20.1 Å². The summed E-state index contributed by atoms with van der Waals surface area (Å²) in [7, 11) is 1.56. The molecular weight excluding hydrogens is 430 g/mol. The number of urea groups is 1. The molecule has 1 aliphatic rings. The fourth-order valence-electron chi connectivity index (χ4n) is 4.19. The summed E-state index contributed by atoms with van der Waals surface area (Å²) in [6, 6.07) is 24.2. The normalized spacial score (nSPS) is 17.4. The molecule has 1 aliphatic heterocycles. The first-order valence-corrected chi connectivity index (χ1v) is 11.1. The van der Waals surface area contributed by atoms with E-state index in [2.05, 4.69) is 10.6 Å². The summed E-state index contributed by atoms with van der Waals surface area (Å²) in [6.45, 7) is 1.29. The number of benzene rings is 3. The van der Waals surface area contributed by atoms with Crippen LogP contribution >= 0.6 is 0 Å². The van der Waals surface area contributed by atoms with E-state index in [4.69, 9.17) is 4.74 Å². The maximum Gasteiger partial charge on any atom is 0.325 e. The molecule has 3 aromatic carbocycles. The number of hydrogen-bond donors (Lipinski definition) is 2. The van der Waals surface area contributed by atoms with E-state index in [9.17, 15) is 14.4 Å². The third-order valence-corrected chi connectivity index (χ3v) is 5.91. The van der Waals surface area contributed by atoms with Crippen LogP contribution in [0.15, 0.2) is 78.9 Å². The summed E-state index contributed by atoms with van der Waals surface area (Å²) in [4.78, 5) is 39.6. The second-order valence-electron chi connectivity index (χ2n) is 8.51. The number of rotatable bonds is 8. The Kier molecular flexibility index (Phi) is 6.63. The predicted octanol–water partition coefficient (Wildman–Crippen LogP) is 3.78. The van der Waals surface area contributed by atoms with Gasteiger partial charge in [-0.25, -0.2) is 4.79 Å². The van der Waals surface area contributed by atoms with Gasteiger partial charge in [0.05, 0.1) is 7.11 Å². The van der Waals surface area contributed by atoms with Gasteiger partial charge in [0.25, 0.3) is 5.91 Å². The molecule has 7 heteroatoms. The molecule has 4 amide bonds. The largest absolute Gasteiger partial charge is 0.496 e. The Morgan fingerprint density at radius 3 is 2.32 bits per heavy atom. The van der Waals surface area contributed by atoms with Gasteiger partial charge in [-0.1, -0.05) is 66.7 Å². The van der Waals surface area contributed by atoms with Crippen LogP contribution in [-0.4, -0.2) is 41.9 Å². The number of carbonyl (C=O) groups excluding carboxylic acids is 3. The van der Waals surface area contributed by atoms with Crippen molar-refractivity contribution in [2.75, 3.05) is 19.0 Å². The standard InChI is InChI=1S/C27H27N3O4/c1-27(17-21-13-7-9-15-23(21)34-2)25(32)30(26(33)29-27)18-24(31)28-22-14-8-6-12-20(22)16-19-10-4-3-5-11-19/h3-15H,16-18H2,1-2H3,(H,28,31)(H,29,33)/t27-/m1/s1. The summed E-state index contributed by atoms with van der Waals surface area (Å²) < 4.78 is 5.37. The molecule has 2 N–H and O–H groups in total. The van der Waals surface area contributed by atoms with Gasteiger partial charge < -0.3 is 15.4 Å². The van der Waals surface area contributed by atoms with Crippen molar-refractivity contribution in [1.82, 2.24) is 10.2 Å². The molecule has 0 spiro atoms. The maximum absolute atomic E-state index is 13.2. The first-order chi connectivity index (χ1) is 16.4. The van der Waals surface area contributed by atoms with Crippen molar-refractivity contribution in [2.24, 2.45) is 0 Å². The zero-order valence-corrected chi connectivity index (χ0v) is 19.2. The van der Waals surface area contributed by atoms with Crippen LogP contribution in [0.25, 0.3) is 0 Å². The van der Waals surface area contributed by atoms with Crippen molar-refractivity contribution in [3.8, 4) is 5.75 Å². The van der Waals surface area contributed by atoms with E-state index in [0.29, 0.717) is 17.9 Å². The molecule has 0 unspecified atom stereocenters. The monoisotopic (exact) mass is 457 g/mol. The van der Waals surface area contributed by atoms with E-state index < -0.39 is 23.4 Å². The van der Waals surface area contributed by atoms with Gasteiger partial charge in [0.2, 0.25) is 5.91 Å². The molecule has 4 rings (SSSR count). The third kappa shape index (κ3) is 4.93. The SMILES string of the molecule is COc1ccccc1C[C@@]1(C)NC(=O)N(CC(=O)Nc2ccccc2Cc2ccccc2)C1=O. The first kappa shape index (κ1) is 23.0. The van der Waals surface area contributed by atoms with Gasteiger partial charge in [0, 0.05) is 12.1 Å². The smallest absolute Gasteiger partial charge is 0.325 e. The second kappa shape index (κ2) is 9.79. The lowest BCUT2D eigenvalue weighted by atomic mass is 9.92. The van der Waals surface area contributed by atoms with Crippen molar-refractivity contribution >= 4 is 23.5 Å². The van der Waals surface area contributed by atoms with Crippen molar-refractivity contribution in [1.29, 1.82) is 0 Å². The molecule has 7 nitrogen and oxygen atoms in total. The molecule has 0 bridgehead atoms. The number of anilines is 1. The van der Waals surface area contributed by atoms with Gasteiger partial charge in [-0.15, -0.1) is 0 Å². The lowest BCUT2D eigenvalue weighted by Gasteiger charge is -2.22. The van der Waals surface area contributed by atoms with E-state index in [0.717, 1.165) is 21.6 Å². The van der Waals surface area contributed by atoms with Gasteiger partial charge in [-0.05, 0) is 42.2 Å². The Morgan fingerprint density at radius 2 is 1.59 bits per heavy atom. The van der Waals surface area contributed by atoms with Crippen molar-refractivity contribution in [3.05, 3.63) is 95.6 Å². The molecule has 1 saturated heterocycles. The molecule has 3 aromatic rings. The highest BCUT2D eigenvalue weighted by Crippen LogP contribution is 2.27. The van der Waals surface area contributed by atoms with Crippen molar-refractivity contribution in [3.63, 3.8) is 0 Å². The van der Waals surface area contributed by atoms with E-state index >= 15 is 0 Å². The maximum atomic E-state index is 13.2. The summed E-state index contributed by atoms with van der Waals surface area (Å²) in [5.41, 5.74) is 2.34. The molecule has 0 aromatic heterocycles. The Bertz CT molecular complexity index is 1210. The quantitative estimate of drug-likeness (QED) is 0.504. The van der Waals surface area contributed by atoms with E-state index in [1.807, 2.05) is 72.8 Å². The lowest BCUT2D eigenvalue weighted by Crippen LogP contribution is -2.46. The summed E-state index contributed by atoms with van der Waals surface area (Å²) in [5.74, 6) is -0.251. The number of para-hydroxylation sites is 2. The van der Waals surface area contributed by atoms with Crippen LogP contribution in [0.5, 0.6) is 5.75 Å². The average Bonchev–Trinajstić information content (AvgIpc) is 3.04. The van der Waals surface area contributed by atoms with Crippen LogP contribution in [0.2, 0.25) is 0 Å². The second-order valence-corrected chi connectivity index (χ2v) is 8.51. The molecule has 1 atom stereocenters. The summed E-state index contributed by atoms with van der Waals surface area (Å²) in [6.07, 6.45) is 0.900. The third-order valence-electron chi connectivity index (χ3n) is 5.91. The number of methoxy groups -OCH3 is 1. The minimum absolute atomic E-state index is 0.250. The summed E-state index contributed by atoms with van der Waals surface area (Å²) in [5, 5.41) is 5.61. The van der Waals surface area contributed by atoms with E-state index in [-0.39, 0.29) is 13.0 Å². The van der Waals surface area contributed by atoms with Crippen LogP contribution in [0.3, 0.4) is 0 Å². The molecule has 174 valence electrons. The van der Waals surface area contributed by atoms with Gasteiger partial charge in [-0.2, -0.15) is 0 Å². The van der Waals surface area contributed by atoms with Crippen LogP contribution in [0.1, 0.15) is 23.6 Å². The number of hydrogen-bond acceptors (Lipinski definition) is 4. The fourth-order valence-corrected chi connectivity index (χ4v) is 4.19. The van der Waals surface area contributed by atoms with Gasteiger partial charge >= 0.3 is 6.03 Å². The molecule has 0 saturated carbocycles. The lowest BCUT2D eigenvalue weighted by molar-refractivity contribution is -0.133. The Morgan fingerprint density at radius 1 is 0.941 bits per heavy atom. The summed E-state index contributed by atoms with van der Waals surface area (Å²) >= 11 is 0. The molecule has 1 heterocycles. The fraction of sp³-hybridized carbons (Fsp3) is 0.222. The predicted molar refractivity (Wildman–Crippen MR) is 130 cm³/mol. The van der Waals surface area contributed by atoms with Gasteiger partial charge in [-0.3, -0.25) is 14.5 Å². The number of carbonyl (C=O) groups is 3. The molecule has 0 aliphatic carbocycles. The Balaban J connectivity index is 1.45. The number of imide groups is 1. The minimum Gasteiger partial charge on any atom is -0.496 e. The Hall–Kier alpha value is -4.13. The van der Waals surface area contributed by atoms with Crippen molar-refractivity contribution in [2.45, 2.75) is 25.3 Å². The molecular formula is C27H27N3O4. The highest BCUT2D eigenvalue weighted by atomic mass is 16.5.